The summed E-state index contributed by atoms with van der Waals surface area (Å²) in [6, 6.07) is 0. The molecule has 0 aliphatic rings. The van der Waals surface area contributed by atoms with Crippen LogP contribution in [0, 0.1) is 5.92 Å². The molecule has 66 valence electrons. The lowest BCUT2D eigenvalue weighted by Crippen LogP contribution is -2.29. The number of nitrogens with zero attached hydrogens (tertiary/aromatic N) is 1. The van der Waals surface area contributed by atoms with E-state index in [0.717, 1.165) is 24.5 Å². The molecule has 0 unspecified atom stereocenters. The topological polar surface area (TPSA) is 3.24 Å². The van der Waals surface area contributed by atoms with Gasteiger partial charge in [0.1, 0.15) is 0 Å². The average Bonchev–Trinajstić information content (AvgIpc) is 1.88. The van der Waals surface area contributed by atoms with Crippen LogP contribution in [0.5, 0.6) is 0 Å². The highest BCUT2D eigenvalue weighted by Crippen LogP contribution is 2.05. The van der Waals surface area contributed by atoms with Gasteiger partial charge in [0, 0.05) is 19.5 Å². The second-order valence-corrected chi connectivity index (χ2v) is 3.64. The Kier molecular flexibility index (Phi) is 5.47. The molecular formula is C9H19NS. The summed E-state index contributed by atoms with van der Waals surface area (Å²) in [6.45, 7) is 10.8. The molecule has 0 bridgehead atoms. The predicted octanol–water partition coefficient (Wildman–Crippen LogP) is 2.70. The van der Waals surface area contributed by atoms with Crippen LogP contribution in [0.2, 0.25) is 0 Å². The van der Waals surface area contributed by atoms with Crippen molar-refractivity contribution in [2.75, 3.05) is 13.1 Å². The molecule has 0 aromatic carbocycles. The highest BCUT2D eigenvalue weighted by molar-refractivity contribution is 7.80. The summed E-state index contributed by atoms with van der Waals surface area (Å²) in [7, 11) is 0. The van der Waals surface area contributed by atoms with Crippen molar-refractivity contribution in [1.82, 2.24) is 4.90 Å². The molecule has 0 atom stereocenters. The van der Waals surface area contributed by atoms with Gasteiger partial charge in [-0.1, -0.05) is 26.1 Å². The summed E-state index contributed by atoms with van der Waals surface area (Å²) in [5.74, 6) is 0.683. The zero-order valence-corrected chi connectivity index (χ0v) is 8.87. The second kappa shape index (κ2) is 5.53. The van der Waals surface area contributed by atoms with Crippen LogP contribution in [0.3, 0.4) is 0 Å². The molecule has 0 aliphatic heterocycles. The molecule has 0 saturated carbocycles. The van der Waals surface area contributed by atoms with Gasteiger partial charge in [-0.05, 0) is 19.8 Å². The third-order valence-corrected chi connectivity index (χ3v) is 2.12. The van der Waals surface area contributed by atoms with Crippen LogP contribution in [-0.4, -0.2) is 23.0 Å². The standard InChI is InChI=1S/C9H19NS/c1-5-10(6-2)9(11)7-8(3)4/h8H,5-7H2,1-4H3. The highest BCUT2D eigenvalue weighted by Gasteiger charge is 2.06. The van der Waals surface area contributed by atoms with Gasteiger partial charge in [-0.2, -0.15) is 0 Å². The number of hydrogen-bond acceptors (Lipinski definition) is 1. The highest BCUT2D eigenvalue weighted by atomic mass is 32.1. The molecule has 1 nitrogen and oxygen atoms in total. The summed E-state index contributed by atoms with van der Waals surface area (Å²) >= 11 is 5.28. The van der Waals surface area contributed by atoms with E-state index in [4.69, 9.17) is 12.2 Å². The molecule has 0 heterocycles. The quantitative estimate of drug-likeness (QED) is 0.601. The fraction of sp³-hybridized carbons (Fsp3) is 0.889. The SMILES string of the molecule is CCN(CC)C(=S)CC(C)C. The fourth-order valence-electron chi connectivity index (χ4n) is 1.05. The molecule has 0 aliphatic carbocycles. The first-order valence-electron chi connectivity index (χ1n) is 4.39. The monoisotopic (exact) mass is 173 g/mol. The van der Waals surface area contributed by atoms with E-state index in [-0.39, 0.29) is 0 Å². The Morgan fingerprint density at radius 3 is 2.00 bits per heavy atom. The third-order valence-electron chi connectivity index (χ3n) is 1.70. The molecule has 0 N–H and O–H groups in total. The van der Waals surface area contributed by atoms with Gasteiger partial charge in [0.2, 0.25) is 0 Å². The van der Waals surface area contributed by atoms with Crippen LogP contribution in [0.4, 0.5) is 0 Å². The van der Waals surface area contributed by atoms with E-state index < -0.39 is 0 Å². The van der Waals surface area contributed by atoms with Gasteiger partial charge in [-0.15, -0.1) is 0 Å². The molecule has 2 heteroatoms. The molecule has 0 rings (SSSR count). The molecule has 0 amide bonds. The van der Waals surface area contributed by atoms with Crippen molar-refractivity contribution in [2.24, 2.45) is 5.92 Å². The minimum atomic E-state index is 0.683. The fourth-order valence-corrected chi connectivity index (χ4v) is 1.65. The van der Waals surface area contributed by atoms with Crippen LogP contribution in [0.25, 0.3) is 0 Å². The van der Waals surface area contributed by atoms with Gasteiger partial charge in [-0.3, -0.25) is 0 Å². The summed E-state index contributed by atoms with van der Waals surface area (Å²) < 4.78 is 0. The van der Waals surface area contributed by atoms with E-state index in [1.54, 1.807) is 0 Å². The van der Waals surface area contributed by atoms with Crippen molar-refractivity contribution < 1.29 is 0 Å². The predicted molar refractivity (Wildman–Crippen MR) is 55.0 cm³/mol. The molecule has 0 fully saturated rings. The molecule has 0 radical (unpaired) electrons. The lowest BCUT2D eigenvalue weighted by molar-refractivity contribution is 0.454. The average molecular weight is 173 g/mol. The largest absolute Gasteiger partial charge is 0.367 e. The van der Waals surface area contributed by atoms with Crippen LogP contribution >= 0.6 is 12.2 Å². The first kappa shape index (κ1) is 10.9. The van der Waals surface area contributed by atoms with E-state index >= 15 is 0 Å². The zero-order chi connectivity index (χ0) is 8.85. The van der Waals surface area contributed by atoms with Crippen molar-refractivity contribution >= 4 is 17.2 Å². The van der Waals surface area contributed by atoms with Crippen molar-refractivity contribution in [3.05, 3.63) is 0 Å². The molecule has 0 aromatic rings. The molecule has 0 spiro atoms. The van der Waals surface area contributed by atoms with E-state index in [9.17, 15) is 0 Å². The third kappa shape index (κ3) is 4.35. The van der Waals surface area contributed by atoms with Crippen LogP contribution in [0.15, 0.2) is 0 Å². The number of hydrogen-bond donors (Lipinski definition) is 0. The first-order valence-corrected chi connectivity index (χ1v) is 4.80. The Bertz CT molecular complexity index is 117. The van der Waals surface area contributed by atoms with Gasteiger partial charge >= 0.3 is 0 Å². The Balaban J connectivity index is 3.79. The maximum absolute atomic E-state index is 5.28. The summed E-state index contributed by atoms with van der Waals surface area (Å²) in [5, 5.41) is 0. The van der Waals surface area contributed by atoms with Crippen molar-refractivity contribution in [1.29, 1.82) is 0 Å². The van der Waals surface area contributed by atoms with E-state index in [2.05, 4.69) is 32.6 Å². The van der Waals surface area contributed by atoms with Crippen LogP contribution in [-0.2, 0) is 0 Å². The Hall–Kier alpha value is -0.110. The minimum absolute atomic E-state index is 0.683. The second-order valence-electron chi connectivity index (χ2n) is 3.16. The van der Waals surface area contributed by atoms with Crippen LogP contribution < -0.4 is 0 Å². The van der Waals surface area contributed by atoms with Crippen molar-refractivity contribution in [2.45, 2.75) is 34.1 Å². The lowest BCUT2D eigenvalue weighted by atomic mass is 10.1. The van der Waals surface area contributed by atoms with Crippen molar-refractivity contribution in [3.63, 3.8) is 0 Å². The molecule has 0 aromatic heterocycles. The first-order chi connectivity index (χ1) is 5.11. The number of rotatable bonds is 4. The minimum Gasteiger partial charge on any atom is -0.367 e. The summed E-state index contributed by atoms with van der Waals surface area (Å²) in [5.41, 5.74) is 0. The van der Waals surface area contributed by atoms with E-state index in [1.807, 2.05) is 0 Å². The van der Waals surface area contributed by atoms with E-state index in [1.165, 1.54) is 0 Å². The van der Waals surface area contributed by atoms with Gasteiger partial charge in [0.25, 0.3) is 0 Å². The van der Waals surface area contributed by atoms with Crippen molar-refractivity contribution in [3.8, 4) is 0 Å². The summed E-state index contributed by atoms with van der Waals surface area (Å²) in [4.78, 5) is 3.36. The van der Waals surface area contributed by atoms with E-state index in [0.29, 0.717) is 5.92 Å². The summed E-state index contributed by atoms with van der Waals surface area (Å²) in [6.07, 6.45) is 1.05. The Morgan fingerprint density at radius 1 is 1.27 bits per heavy atom. The molecule has 0 saturated heterocycles. The van der Waals surface area contributed by atoms with Gasteiger partial charge in [-0.25, -0.2) is 0 Å². The van der Waals surface area contributed by atoms with Gasteiger partial charge in [0.15, 0.2) is 0 Å². The lowest BCUT2D eigenvalue weighted by Gasteiger charge is -2.22. The maximum Gasteiger partial charge on any atom is 0.0781 e. The zero-order valence-electron chi connectivity index (χ0n) is 8.05. The Labute approximate surface area is 75.8 Å². The van der Waals surface area contributed by atoms with Crippen LogP contribution in [0.1, 0.15) is 34.1 Å². The normalized spacial score (nSPS) is 10.3. The number of thiocarbonyl (C=S) groups is 1. The Morgan fingerprint density at radius 2 is 1.73 bits per heavy atom. The molecule has 11 heavy (non-hydrogen) atoms. The van der Waals surface area contributed by atoms with Gasteiger partial charge < -0.3 is 4.90 Å². The van der Waals surface area contributed by atoms with Gasteiger partial charge in [0.05, 0.1) is 4.99 Å². The maximum atomic E-state index is 5.28. The molecular weight excluding hydrogens is 154 g/mol. The smallest absolute Gasteiger partial charge is 0.0781 e.